The van der Waals surface area contributed by atoms with Crippen LogP contribution in [0.5, 0.6) is 0 Å². The number of nitrogens with zero attached hydrogens (tertiary/aromatic N) is 1. The lowest BCUT2D eigenvalue weighted by atomic mass is 9.87. The van der Waals surface area contributed by atoms with Crippen LogP contribution < -0.4 is 0 Å². The maximum atomic E-state index is 12.4. The van der Waals surface area contributed by atoms with Gasteiger partial charge in [0.2, 0.25) is 0 Å². The highest BCUT2D eigenvalue weighted by Crippen LogP contribution is 2.51. The lowest BCUT2D eigenvalue weighted by Crippen LogP contribution is -2.32. The van der Waals surface area contributed by atoms with E-state index in [2.05, 4.69) is 18.0 Å². The number of hydrogen-bond acceptors (Lipinski definition) is 3. The molecule has 1 amide bonds. The maximum absolute atomic E-state index is 12.4. The summed E-state index contributed by atoms with van der Waals surface area (Å²) in [4.78, 5) is 16.9. The average Bonchev–Trinajstić information content (AvgIpc) is 3.16. The molecule has 3 nitrogen and oxygen atoms in total. The average molecular weight is 305 g/mol. The third-order valence-electron chi connectivity index (χ3n) is 5.85. The molecule has 4 atom stereocenters. The molecule has 0 saturated heterocycles. The second-order valence-corrected chi connectivity index (χ2v) is 8.63. The predicted octanol–water partition coefficient (Wildman–Crippen LogP) is 3.59. The molecule has 2 aliphatic carbocycles. The van der Waals surface area contributed by atoms with Crippen molar-refractivity contribution in [3.05, 3.63) is 11.6 Å². The van der Waals surface area contributed by atoms with E-state index in [-0.39, 0.29) is 5.91 Å². The Morgan fingerprint density at radius 2 is 2.33 bits per heavy atom. The fourth-order valence-electron chi connectivity index (χ4n) is 4.62. The van der Waals surface area contributed by atoms with E-state index in [1.54, 1.807) is 11.8 Å². The maximum Gasteiger partial charge on any atom is 0.266 e. The second kappa shape index (κ2) is 5.24. The highest BCUT2D eigenvalue weighted by Gasteiger charge is 2.46. The monoisotopic (exact) mass is 305 g/mol. The van der Waals surface area contributed by atoms with Gasteiger partial charge in [0.25, 0.3) is 5.91 Å². The molecular weight excluding hydrogens is 282 g/mol. The van der Waals surface area contributed by atoms with Crippen LogP contribution in [0.15, 0.2) is 16.6 Å². The van der Waals surface area contributed by atoms with Crippen LogP contribution >= 0.6 is 11.8 Å². The fourth-order valence-corrected chi connectivity index (χ4v) is 5.97. The number of aliphatic imine (C=N–C) groups is 1. The summed E-state index contributed by atoms with van der Waals surface area (Å²) in [5.74, 6) is 2.71. The summed E-state index contributed by atoms with van der Waals surface area (Å²) in [6, 6.07) is 0. The van der Waals surface area contributed by atoms with Gasteiger partial charge < -0.3 is 4.74 Å². The molecule has 0 aromatic carbocycles. The molecule has 4 rings (SSSR count). The van der Waals surface area contributed by atoms with Crippen molar-refractivity contribution in [3.8, 4) is 0 Å². The summed E-state index contributed by atoms with van der Waals surface area (Å²) in [6.07, 6.45) is 9.63. The number of amides is 1. The van der Waals surface area contributed by atoms with Crippen LogP contribution in [0.1, 0.15) is 45.4 Å². The van der Waals surface area contributed by atoms with Crippen LogP contribution in [0.25, 0.3) is 0 Å². The van der Waals surface area contributed by atoms with Gasteiger partial charge >= 0.3 is 0 Å². The Morgan fingerprint density at radius 3 is 3.00 bits per heavy atom. The number of thioether (sulfide) groups is 1. The van der Waals surface area contributed by atoms with E-state index in [1.807, 2.05) is 0 Å². The first-order valence-electron chi connectivity index (χ1n) is 8.23. The minimum Gasteiger partial charge on any atom is -0.377 e. The number of carbonyl (C=O) groups excluding carboxylic acids is 1. The second-order valence-electron chi connectivity index (χ2n) is 7.14. The van der Waals surface area contributed by atoms with Gasteiger partial charge in [0.1, 0.15) is 4.75 Å². The smallest absolute Gasteiger partial charge is 0.266 e. The van der Waals surface area contributed by atoms with Crippen LogP contribution in [0, 0.1) is 17.8 Å². The van der Waals surface area contributed by atoms with Crippen molar-refractivity contribution in [2.45, 2.75) is 50.2 Å². The zero-order valence-electron chi connectivity index (χ0n) is 12.6. The van der Waals surface area contributed by atoms with Gasteiger partial charge in [0, 0.05) is 0 Å². The number of rotatable bonds is 3. The van der Waals surface area contributed by atoms with Gasteiger partial charge in [-0.25, -0.2) is 4.99 Å². The van der Waals surface area contributed by atoms with Crippen LogP contribution in [-0.2, 0) is 9.53 Å². The van der Waals surface area contributed by atoms with Gasteiger partial charge in [0.05, 0.1) is 18.3 Å². The summed E-state index contributed by atoms with van der Waals surface area (Å²) < 4.78 is 4.93. The first kappa shape index (κ1) is 14.0. The minimum absolute atomic E-state index is 0.0545. The molecule has 2 bridgehead atoms. The minimum atomic E-state index is -0.448. The zero-order chi connectivity index (χ0) is 14.4. The molecule has 0 N–H and O–H groups in total. The summed E-state index contributed by atoms with van der Waals surface area (Å²) in [7, 11) is 0. The normalized spacial score (nSPS) is 42.3. The van der Waals surface area contributed by atoms with Crippen molar-refractivity contribution < 1.29 is 9.53 Å². The largest absolute Gasteiger partial charge is 0.377 e. The Kier molecular flexibility index (Phi) is 3.49. The number of ether oxygens (including phenoxy) is 1. The molecule has 2 heterocycles. The Morgan fingerprint density at radius 1 is 1.43 bits per heavy atom. The Hall–Kier alpha value is -0.610. The molecule has 0 aromatic rings. The van der Waals surface area contributed by atoms with E-state index in [0.29, 0.717) is 6.61 Å². The van der Waals surface area contributed by atoms with Crippen molar-refractivity contribution in [1.82, 2.24) is 0 Å². The van der Waals surface area contributed by atoms with Crippen molar-refractivity contribution in [2.24, 2.45) is 22.7 Å². The SMILES string of the molecule is CC1(C2=CCOCC2)SC(C[C@H]2C[C@@H]3CC[C@H]2C3)=NC1=O. The Balaban J connectivity index is 1.45. The Labute approximate surface area is 130 Å². The fraction of sp³-hybridized carbons (Fsp3) is 0.765. The van der Waals surface area contributed by atoms with Gasteiger partial charge in [-0.2, -0.15) is 0 Å². The van der Waals surface area contributed by atoms with Crippen molar-refractivity contribution in [2.75, 3.05) is 13.2 Å². The molecule has 2 aliphatic heterocycles. The number of carbonyl (C=O) groups is 1. The van der Waals surface area contributed by atoms with E-state index in [9.17, 15) is 4.79 Å². The van der Waals surface area contributed by atoms with E-state index in [1.165, 1.54) is 31.3 Å². The molecule has 4 aliphatic rings. The molecule has 114 valence electrons. The zero-order valence-corrected chi connectivity index (χ0v) is 13.5. The summed E-state index contributed by atoms with van der Waals surface area (Å²) >= 11 is 1.72. The van der Waals surface area contributed by atoms with Gasteiger partial charge in [-0.05, 0) is 62.4 Å². The van der Waals surface area contributed by atoms with Crippen LogP contribution in [-0.4, -0.2) is 28.9 Å². The molecule has 0 aromatic heterocycles. The van der Waals surface area contributed by atoms with E-state index < -0.39 is 4.75 Å². The third kappa shape index (κ3) is 2.40. The van der Waals surface area contributed by atoms with Crippen molar-refractivity contribution in [1.29, 1.82) is 0 Å². The topological polar surface area (TPSA) is 38.7 Å². The Bertz CT molecular complexity index is 527. The summed E-state index contributed by atoms with van der Waals surface area (Å²) in [5.41, 5.74) is 1.22. The number of fused-ring (bicyclic) bond motifs is 2. The molecule has 2 saturated carbocycles. The van der Waals surface area contributed by atoms with Crippen LogP contribution in [0.3, 0.4) is 0 Å². The summed E-state index contributed by atoms with van der Waals surface area (Å²) in [5, 5.41) is 1.09. The molecule has 4 heteroatoms. The van der Waals surface area contributed by atoms with Gasteiger partial charge in [-0.3, -0.25) is 4.79 Å². The van der Waals surface area contributed by atoms with E-state index >= 15 is 0 Å². The lowest BCUT2D eigenvalue weighted by Gasteiger charge is -2.27. The molecular formula is C17H23NO2S. The highest BCUT2D eigenvalue weighted by atomic mass is 32.2. The third-order valence-corrected chi connectivity index (χ3v) is 7.19. The quantitative estimate of drug-likeness (QED) is 0.748. The van der Waals surface area contributed by atoms with Crippen LogP contribution in [0.4, 0.5) is 0 Å². The van der Waals surface area contributed by atoms with Crippen LogP contribution in [0.2, 0.25) is 0 Å². The predicted molar refractivity (Wildman–Crippen MR) is 85.5 cm³/mol. The van der Waals surface area contributed by atoms with Gasteiger partial charge in [-0.15, -0.1) is 0 Å². The van der Waals surface area contributed by atoms with E-state index in [0.717, 1.165) is 42.2 Å². The van der Waals surface area contributed by atoms with Crippen molar-refractivity contribution in [3.63, 3.8) is 0 Å². The molecule has 1 unspecified atom stereocenters. The standard InChI is InChI=1S/C17H23NO2S/c1-17(14-4-6-20-7-5-14)16(19)18-15(21-17)10-13-9-11-2-3-12(13)8-11/h4,11-13H,2-3,5-10H2,1H3/t11-,12+,13-,17?/m1/s1. The van der Waals surface area contributed by atoms with Crippen molar-refractivity contribution >= 4 is 22.7 Å². The lowest BCUT2D eigenvalue weighted by molar-refractivity contribution is -0.118. The number of hydrogen-bond donors (Lipinski definition) is 0. The first-order valence-corrected chi connectivity index (χ1v) is 9.05. The molecule has 0 spiro atoms. The molecule has 0 radical (unpaired) electrons. The first-order chi connectivity index (χ1) is 10.1. The van der Waals surface area contributed by atoms with Gasteiger partial charge in [-0.1, -0.05) is 24.3 Å². The van der Waals surface area contributed by atoms with E-state index in [4.69, 9.17) is 4.74 Å². The molecule has 21 heavy (non-hydrogen) atoms. The summed E-state index contributed by atoms with van der Waals surface area (Å²) in [6.45, 7) is 3.42. The van der Waals surface area contributed by atoms with Gasteiger partial charge in [0.15, 0.2) is 0 Å². The molecule has 2 fully saturated rings. The highest BCUT2D eigenvalue weighted by molar-refractivity contribution is 8.16.